The summed E-state index contributed by atoms with van der Waals surface area (Å²) in [5.74, 6) is -0.237. The molecule has 0 spiro atoms. The smallest absolute Gasteiger partial charge is 0.338 e. The van der Waals surface area contributed by atoms with Crippen LogP contribution in [-0.4, -0.2) is 30.2 Å². The van der Waals surface area contributed by atoms with Gasteiger partial charge in [-0.25, -0.2) is 4.79 Å². The predicted octanol–water partition coefficient (Wildman–Crippen LogP) is 4.19. The highest BCUT2D eigenvalue weighted by molar-refractivity contribution is 7.80. The van der Waals surface area contributed by atoms with Crippen molar-refractivity contribution in [1.29, 1.82) is 0 Å². The number of thiocarbonyl (C=S) groups is 1. The Morgan fingerprint density at radius 2 is 1.75 bits per heavy atom. The third-order valence-electron chi connectivity index (χ3n) is 3.55. The van der Waals surface area contributed by atoms with Gasteiger partial charge < -0.3 is 14.8 Å². The fraction of sp³-hybridized carbons (Fsp3) is 0.250. The molecule has 2 N–H and O–H groups in total. The molecule has 0 atom stereocenters. The van der Waals surface area contributed by atoms with Gasteiger partial charge in [-0.15, -0.1) is 0 Å². The van der Waals surface area contributed by atoms with E-state index in [-0.39, 0.29) is 17.7 Å². The number of halogens is 1. The summed E-state index contributed by atoms with van der Waals surface area (Å²) in [6.45, 7) is 2.25. The molecule has 2 aromatic rings. The maximum atomic E-state index is 11.9. The lowest BCUT2D eigenvalue weighted by Crippen LogP contribution is -2.37. The monoisotopic (exact) mass is 420 g/mol. The Morgan fingerprint density at radius 1 is 1.07 bits per heavy atom. The van der Waals surface area contributed by atoms with Crippen LogP contribution >= 0.6 is 23.8 Å². The number of benzene rings is 2. The van der Waals surface area contributed by atoms with E-state index in [2.05, 4.69) is 10.6 Å². The van der Waals surface area contributed by atoms with Crippen LogP contribution in [0.2, 0.25) is 5.02 Å². The van der Waals surface area contributed by atoms with E-state index in [1.54, 1.807) is 48.5 Å². The van der Waals surface area contributed by atoms with Crippen LogP contribution in [0.25, 0.3) is 0 Å². The van der Waals surface area contributed by atoms with Crippen LogP contribution in [0.4, 0.5) is 5.69 Å². The van der Waals surface area contributed by atoms with Gasteiger partial charge in [0.2, 0.25) is 0 Å². The van der Waals surface area contributed by atoms with Crippen molar-refractivity contribution in [1.82, 2.24) is 5.32 Å². The zero-order valence-electron chi connectivity index (χ0n) is 15.4. The van der Waals surface area contributed by atoms with Crippen molar-refractivity contribution in [2.45, 2.75) is 19.8 Å². The first-order valence-corrected chi connectivity index (χ1v) is 9.53. The van der Waals surface area contributed by atoms with E-state index < -0.39 is 5.91 Å². The Bertz CT molecular complexity index is 810. The van der Waals surface area contributed by atoms with Crippen LogP contribution in [0.15, 0.2) is 48.5 Å². The Labute approximate surface area is 174 Å². The Hall–Kier alpha value is -2.64. The minimum absolute atomic E-state index is 0.128. The average molecular weight is 421 g/mol. The molecule has 0 saturated carbocycles. The van der Waals surface area contributed by atoms with Crippen LogP contribution in [0.3, 0.4) is 0 Å². The molecule has 0 bridgehead atoms. The summed E-state index contributed by atoms with van der Waals surface area (Å²) in [5.41, 5.74) is 1.09. The predicted molar refractivity (Wildman–Crippen MR) is 113 cm³/mol. The molecule has 0 fully saturated rings. The summed E-state index contributed by atoms with van der Waals surface area (Å²) in [6.07, 6.45) is 1.80. The van der Waals surface area contributed by atoms with E-state index in [1.165, 1.54) is 0 Å². The zero-order valence-corrected chi connectivity index (χ0v) is 16.9. The summed E-state index contributed by atoms with van der Waals surface area (Å²) >= 11 is 10.9. The van der Waals surface area contributed by atoms with E-state index >= 15 is 0 Å². The molecule has 0 aliphatic heterocycles. The van der Waals surface area contributed by atoms with Crippen molar-refractivity contribution >= 4 is 46.5 Å². The van der Waals surface area contributed by atoms with E-state index in [0.717, 1.165) is 12.8 Å². The van der Waals surface area contributed by atoms with E-state index in [9.17, 15) is 9.59 Å². The number of amides is 1. The number of unbranched alkanes of at least 4 members (excludes halogenated alkanes) is 1. The second kappa shape index (κ2) is 11.3. The maximum absolute atomic E-state index is 11.9. The Kier molecular flexibility index (Phi) is 8.71. The largest absolute Gasteiger partial charge is 0.484 e. The topological polar surface area (TPSA) is 76.7 Å². The molecule has 0 aromatic heterocycles. The van der Waals surface area contributed by atoms with Gasteiger partial charge in [0.05, 0.1) is 12.2 Å². The van der Waals surface area contributed by atoms with Gasteiger partial charge in [0.25, 0.3) is 5.91 Å². The molecule has 6 nitrogen and oxygen atoms in total. The molecule has 8 heteroatoms. The first-order chi connectivity index (χ1) is 13.5. The summed E-state index contributed by atoms with van der Waals surface area (Å²) in [7, 11) is 0. The minimum Gasteiger partial charge on any atom is -0.484 e. The number of hydrogen-bond donors (Lipinski definition) is 2. The molecular formula is C20H21ClN2O4S. The minimum atomic E-state index is -0.399. The van der Waals surface area contributed by atoms with Crippen LogP contribution in [0.1, 0.15) is 30.1 Å². The number of hydrogen-bond acceptors (Lipinski definition) is 5. The third-order valence-corrected chi connectivity index (χ3v) is 4.00. The lowest BCUT2D eigenvalue weighted by atomic mass is 10.2. The van der Waals surface area contributed by atoms with E-state index in [0.29, 0.717) is 28.6 Å². The number of ether oxygens (including phenoxy) is 2. The number of anilines is 1. The van der Waals surface area contributed by atoms with Crippen molar-refractivity contribution in [2.24, 2.45) is 0 Å². The molecule has 148 valence electrons. The average Bonchev–Trinajstić information content (AvgIpc) is 2.68. The van der Waals surface area contributed by atoms with Gasteiger partial charge in [0, 0.05) is 10.7 Å². The quantitative estimate of drug-likeness (QED) is 0.379. The normalized spacial score (nSPS) is 10.1. The summed E-state index contributed by atoms with van der Waals surface area (Å²) < 4.78 is 10.5. The number of esters is 1. The SMILES string of the molecule is CCCCOC(=O)c1ccc(NC(=S)NC(=O)COc2ccc(Cl)cc2)cc1. The highest BCUT2D eigenvalue weighted by Crippen LogP contribution is 2.15. The van der Waals surface area contributed by atoms with Gasteiger partial charge in [-0.1, -0.05) is 24.9 Å². The van der Waals surface area contributed by atoms with Crippen LogP contribution < -0.4 is 15.4 Å². The van der Waals surface area contributed by atoms with Gasteiger partial charge in [0.1, 0.15) is 5.75 Å². The molecule has 2 aromatic carbocycles. The molecular weight excluding hydrogens is 400 g/mol. The maximum Gasteiger partial charge on any atom is 0.338 e. The second-order valence-electron chi connectivity index (χ2n) is 5.81. The fourth-order valence-electron chi connectivity index (χ4n) is 2.09. The molecule has 2 rings (SSSR count). The van der Waals surface area contributed by atoms with Crippen LogP contribution in [0.5, 0.6) is 5.75 Å². The molecule has 0 saturated heterocycles. The Balaban J connectivity index is 1.76. The van der Waals surface area contributed by atoms with E-state index in [1.807, 2.05) is 6.92 Å². The standard InChI is InChI=1S/C20H21ClN2O4S/c1-2-3-12-26-19(25)14-4-8-16(9-5-14)22-20(28)23-18(24)13-27-17-10-6-15(21)7-11-17/h4-11H,2-3,12-13H2,1H3,(H2,22,23,24,28). The fourth-order valence-corrected chi connectivity index (χ4v) is 2.44. The molecule has 0 radical (unpaired) electrons. The lowest BCUT2D eigenvalue weighted by molar-refractivity contribution is -0.121. The summed E-state index contributed by atoms with van der Waals surface area (Å²) in [5, 5.41) is 6.11. The second-order valence-corrected chi connectivity index (χ2v) is 6.66. The molecule has 0 aliphatic rings. The number of nitrogens with one attached hydrogen (secondary N) is 2. The lowest BCUT2D eigenvalue weighted by Gasteiger charge is -2.11. The van der Waals surface area contributed by atoms with Gasteiger partial charge in [-0.3, -0.25) is 10.1 Å². The van der Waals surface area contributed by atoms with Gasteiger partial charge in [0.15, 0.2) is 11.7 Å². The van der Waals surface area contributed by atoms with Crippen molar-refractivity contribution < 1.29 is 19.1 Å². The number of carbonyl (C=O) groups excluding carboxylic acids is 2. The van der Waals surface area contributed by atoms with Crippen molar-refractivity contribution in [3.8, 4) is 5.75 Å². The molecule has 28 heavy (non-hydrogen) atoms. The summed E-state index contributed by atoms with van der Waals surface area (Å²) in [6, 6.07) is 13.3. The molecule has 0 unspecified atom stereocenters. The highest BCUT2D eigenvalue weighted by Gasteiger charge is 2.09. The van der Waals surface area contributed by atoms with Gasteiger partial charge in [-0.2, -0.15) is 0 Å². The van der Waals surface area contributed by atoms with E-state index in [4.69, 9.17) is 33.3 Å². The first kappa shape index (κ1) is 21.7. The van der Waals surface area contributed by atoms with Gasteiger partial charge in [-0.05, 0) is 67.2 Å². The first-order valence-electron chi connectivity index (χ1n) is 8.74. The molecule has 0 heterocycles. The molecule has 1 amide bonds. The highest BCUT2D eigenvalue weighted by atomic mass is 35.5. The third kappa shape index (κ3) is 7.54. The number of rotatable bonds is 8. The zero-order chi connectivity index (χ0) is 20.4. The van der Waals surface area contributed by atoms with Crippen molar-refractivity contribution in [3.63, 3.8) is 0 Å². The Morgan fingerprint density at radius 3 is 2.39 bits per heavy atom. The van der Waals surface area contributed by atoms with Crippen LogP contribution in [0, 0.1) is 0 Å². The van der Waals surface area contributed by atoms with Gasteiger partial charge >= 0.3 is 5.97 Å². The summed E-state index contributed by atoms with van der Waals surface area (Å²) in [4.78, 5) is 23.8. The van der Waals surface area contributed by atoms with Crippen molar-refractivity contribution in [3.05, 3.63) is 59.1 Å². The number of carbonyl (C=O) groups is 2. The van der Waals surface area contributed by atoms with Crippen molar-refractivity contribution in [2.75, 3.05) is 18.5 Å². The molecule has 0 aliphatic carbocycles. The van der Waals surface area contributed by atoms with Crippen LogP contribution in [-0.2, 0) is 9.53 Å².